The second-order valence-corrected chi connectivity index (χ2v) is 8.83. The fourth-order valence-corrected chi connectivity index (χ4v) is 4.46. The van der Waals surface area contributed by atoms with Gasteiger partial charge in [-0.25, -0.2) is 0 Å². The number of pyridine rings is 2. The molecule has 0 radical (unpaired) electrons. The van der Waals surface area contributed by atoms with E-state index in [0.717, 1.165) is 56.6 Å². The molecular formula is C32H29N3O2. The molecule has 0 atom stereocenters. The molecule has 0 amide bonds. The first-order chi connectivity index (χ1) is 18.1. The molecule has 0 bridgehead atoms. The minimum absolute atomic E-state index is 0.823. The number of nitrogens with zero attached hydrogens (tertiary/aromatic N) is 3. The highest BCUT2D eigenvalue weighted by atomic mass is 16.5. The van der Waals surface area contributed by atoms with Crippen LogP contribution in [0.5, 0.6) is 11.5 Å². The van der Waals surface area contributed by atoms with Crippen molar-refractivity contribution in [2.45, 2.75) is 13.8 Å². The van der Waals surface area contributed by atoms with Gasteiger partial charge >= 0.3 is 0 Å². The van der Waals surface area contributed by atoms with E-state index in [1.54, 1.807) is 20.4 Å². The van der Waals surface area contributed by atoms with Gasteiger partial charge in [0.1, 0.15) is 11.5 Å². The summed E-state index contributed by atoms with van der Waals surface area (Å²) in [6.45, 7) is 4.29. The van der Waals surface area contributed by atoms with Crippen LogP contribution in [0.1, 0.15) is 11.1 Å². The fraction of sp³-hybridized carbons (Fsp3) is 0.125. The predicted octanol–water partition coefficient (Wildman–Crippen LogP) is 7.91. The van der Waals surface area contributed by atoms with E-state index in [-0.39, 0.29) is 0 Å². The van der Waals surface area contributed by atoms with Crippen LogP contribution in [0.25, 0.3) is 22.5 Å². The van der Waals surface area contributed by atoms with Crippen LogP contribution in [0.3, 0.4) is 0 Å². The van der Waals surface area contributed by atoms with Crippen LogP contribution in [0, 0.1) is 13.8 Å². The number of aromatic nitrogens is 2. The maximum absolute atomic E-state index is 5.39. The van der Waals surface area contributed by atoms with Gasteiger partial charge < -0.3 is 14.4 Å². The Labute approximate surface area is 218 Å². The highest BCUT2D eigenvalue weighted by molar-refractivity contribution is 5.82. The molecule has 184 valence electrons. The smallest absolute Gasteiger partial charge is 0.119 e. The Bertz CT molecular complexity index is 1430. The first kappa shape index (κ1) is 24.1. The molecule has 0 spiro atoms. The SMILES string of the molecule is COc1ccc(N(c2ccc(OC)cc2)c2cc(C)c(-c3ccc(-c4ccccn4)nc3)cc2C)cc1. The molecule has 0 N–H and O–H groups in total. The predicted molar refractivity (Wildman–Crippen MR) is 150 cm³/mol. The molecule has 5 nitrogen and oxygen atoms in total. The number of ether oxygens (including phenoxy) is 2. The molecule has 37 heavy (non-hydrogen) atoms. The second kappa shape index (κ2) is 10.5. The number of aryl methyl sites for hydroxylation is 2. The van der Waals surface area contributed by atoms with Crippen molar-refractivity contribution in [1.29, 1.82) is 0 Å². The van der Waals surface area contributed by atoms with Gasteiger partial charge in [0, 0.05) is 35.0 Å². The minimum atomic E-state index is 0.823. The van der Waals surface area contributed by atoms with Gasteiger partial charge in [-0.3, -0.25) is 9.97 Å². The Balaban J connectivity index is 1.55. The van der Waals surface area contributed by atoms with Crippen molar-refractivity contribution in [3.8, 4) is 34.0 Å². The van der Waals surface area contributed by atoms with Gasteiger partial charge in [-0.05, 0) is 109 Å². The zero-order chi connectivity index (χ0) is 25.8. The van der Waals surface area contributed by atoms with Crippen molar-refractivity contribution in [2.24, 2.45) is 0 Å². The summed E-state index contributed by atoms with van der Waals surface area (Å²) >= 11 is 0. The van der Waals surface area contributed by atoms with Gasteiger partial charge in [-0.1, -0.05) is 12.1 Å². The lowest BCUT2D eigenvalue weighted by Gasteiger charge is -2.28. The van der Waals surface area contributed by atoms with E-state index in [0.29, 0.717) is 0 Å². The summed E-state index contributed by atoms with van der Waals surface area (Å²) < 4.78 is 10.8. The molecular weight excluding hydrogens is 458 g/mol. The molecule has 2 aromatic heterocycles. The first-order valence-corrected chi connectivity index (χ1v) is 12.1. The summed E-state index contributed by atoms with van der Waals surface area (Å²) in [5.74, 6) is 1.65. The van der Waals surface area contributed by atoms with Gasteiger partial charge in [-0.2, -0.15) is 0 Å². The molecule has 0 aliphatic rings. The van der Waals surface area contributed by atoms with Gasteiger partial charge in [0.15, 0.2) is 0 Å². The Kier molecular flexibility index (Phi) is 6.86. The average molecular weight is 488 g/mol. The van der Waals surface area contributed by atoms with E-state index >= 15 is 0 Å². The van der Waals surface area contributed by atoms with E-state index in [4.69, 9.17) is 9.47 Å². The Morgan fingerprint density at radius 2 is 1.24 bits per heavy atom. The third kappa shape index (κ3) is 5.02. The topological polar surface area (TPSA) is 47.5 Å². The molecule has 5 rings (SSSR count). The molecule has 5 heteroatoms. The lowest BCUT2D eigenvalue weighted by molar-refractivity contribution is 0.415. The van der Waals surface area contributed by atoms with Crippen molar-refractivity contribution in [1.82, 2.24) is 9.97 Å². The molecule has 0 aliphatic heterocycles. The lowest BCUT2D eigenvalue weighted by Crippen LogP contribution is -2.12. The van der Waals surface area contributed by atoms with E-state index in [9.17, 15) is 0 Å². The number of anilines is 3. The minimum Gasteiger partial charge on any atom is -0.497 e. The largest absolute Gasteiger partial charge is 0.497 e. The normalized spacial score (nSPS) is 10.7. The van der Waals surface area contributed by atoms with Crippen molar-refractivity contribution < 1.29 is 9.47 Å². The third-order valence-corrected chi connectivity index (χ3v) is 6.45. The Morgan fingerprint density at radius 3 is 1.76 bits per heavy atom. The lowest BCUT2D eigenvalue weighted by atomic mass is 9.97. The molecule has 2 heterocycles. The number of methoxy groups -OCH3 is 2. The molecule has 0 fully saturated rings. The maximum Gasteiger partial charge on any atom is 0.119 e. The highest BCUT2D eigenvalue weighted by Gasteiger charge is 2.17. The molecule has 0 aliphatic carbocycles. The van der Waals surface area contributed by atoms with Gasteiger partial charge in [0.05, 0.1) is 25.6 Å². The van der Waals surface area contributed by atoms with Crippen LogP contribution in [-0.2, 0) is 0 Å². The summed E-state index contributed by atoms with van der Waals surface area (Å²) in [7, 11) is 3.36. The van der Waals surface area contributed by atoms with Crippen LogP contribution >= 0.6 is 0 Å². The van der Waals surface area contributed by atoms with Crippen molar-refractivity contribution in [3.05, 3.63) is 115 Å². The van der Waals surface area contributed by atoms with Gasteiger partial charge in [0.25, 0.3) is 0 Å². The quantitative estimate of drug-likeness (QED) is 0.233. The van der Waals surface area contributed by atoms with Crippen LogP contribution in [-0.4, -0.2) is 24.2 Å². The summed E-state index contributed by atoms with van der Waals surface area (Å²) in [5, 5.41) is 0. The standard InChI is InChI=1S/C32H29N3O2/c1-22-20-32(23(2)19-29(22)24-8-17-31(34-21-24)30-7-5-6-18-33-30)35(25-9-13-27(36-3)14-10-25)26-11-15-28(37-4)16-12-26/h5-21H,1-4H3. The number of benzene rings is 3. The van der Waals surface area contributed by atoms with Crippen molar-refractivity contribution >= 4 is 17.1 Å². The molecule has 5 aromatic rings. The van der Waals surface area contributed by atoms with Gasteiger partial charge in [-0.15, -0.1) is 0 Å². The van der Waals surface area contributed by atoms with E-state index in [1.165, 1.54) is 5.56 Å². The van der Waals surface area contributed by atoms with Crippen LogP contribution in [0.2, 0.25) is 0 Å². The zero-order valence-corrected chi connectivity index (χ0v) is 21.5. The molecule has 0 saturated heterocycles. The Morgan fingerprint density at radius 1 is 0.622 bits per heavy atom. The van der Waals surface area contributed by atoms with Crippen LogP contribution < -0.4 is 14.4 Å². The zero-order valence-electron chi connectivity index (χ0n) is 21.5. The monoisotopic (exact) mass is 487 g/mol. The first-order valence-electron chi connectivity index (χ1n) is 12.1. The summed E-state index contributed by atoms with van der Waals surface area (Å²) in [4.78, 5) is 11.4. The molecule has 0 saturated carbocycles. The molecule has 0 unspecified atom stereocenters. The highest BCUT2D eigenvalue weighted by Crippen LogP contribution is 2.40. The second-order valence-electron chi connectivity index (χ2n) is 8.83. The number of rotatable bonds is 7. The van der Waals surface area contributed by atoms with E-state index in [2.05, 4.69) is 71.2 Å². The Hall–Kier alpha value is -4.64. The summed E-state index contributed by atoms with van der Waals surface area (Å²) in [6.07, 6.45) is 3.71. The molecule has 3 aromatic carbocycles. The van der Waals surface area contributed by atoms with Crippen LogP contribution in [0.4, 0.5) is 17.1 Å². The fourth-order valence-electron chi connectivity index (χ4n) is 4.46. The summed E-state index contributed by atoms with van der Waals surface area (Å²) in [5.41, 5.74) is 9.48. The van der Waals surface area contributed by atoms with Crippen LogP contribution in [0.15, 0.2) is 103 Å². The maximum atomic E-state index is 5.39. The van der Waals surface area contributed by atoms with E-state index in [1.807, 2.05) is 54.7 Å². The van der Waals surface area contributed by atoms with Gasteiger partial charge in [0.2, 0.25) is 0 Å². The van der Waals surface area contributed by atoms with Crippen molar-refractivity contribution in [3.63, 3.8) is 0 Å². The van der Waals surface area contributed by atoms with E-state index < -0.39 is 0 Å². The number of hydrogen-bond acceptors (Lipinski definition) is 5. The number of hydrogen-bond donors (Lipinski definition) is 0. The third-order valence-electron chi connectivity index (χ3n) is 6.45. The van der Waals surface area contributed by atoms with Crippen molar-refractivity contribution in [2.75, 3.05) is 19.1 Å². The summed E-state index contributed by atoms with van der Waals surface area (Å²) in [6, 6.07) is 30.7. The average Bonchev–Trinajstić information content (AvgIpc) is 2.96.